The highest BCUT2D eigenvalue weighted by Crippen LogP contribution is 2.14. The first kappa shape index (κ1) is 23.5. The predicted octanol–water partition coefficient (Wildman–Crippen LogP) is 3.90. The summed E-state index contributed by atoms with van der Waals surface area (Å²) in [6.45, 7) is 6.08. The van der Waals surface area contributed by atoms with E-state index in [-0.39, 0.29) is 18.4 Å². The number of rotatable bonds is 12. The Morgan fingerprint density at radius 3 is 2.59 bits per heavy atom. The van der Waals surface area contributed by atoms with Crippen molar-refractivity contribution < 1.29 is 14.3 Å². The van der Waals surface area contributed by atoms with E-state index < -0.39 is 0 Å². The van der Waals surface area contributed by atoms with Crippen LogP contribution in [-0.4, -0.2) is 59.5 Å². The molecule has 0 N–H and O–H groups in total. The van der Waals surface area contributed by atoms with Gasteiger partial charge in [0.25, 0.3) is 5.91 Å². The van der Waals surface area contributed by atoms with Crippen molar-refractivity contribution in [3.63, 3.8) is 0 Å². The van der Waals surface area contributed by atoms with Crippen LogP contribution in [0.5, 0.6) is 0 Å². The summed E-state index contributed by atoms with van der Waals surface area (Å²) < 4.78 is 7.37. The van der Waals surface area contributed by atoms with E-state index in [0.717, 1.165) is 12.2 Å². The standard InChI is InChI=1S/C25H29N3O3S/c1-3-13-28(25(30)23-12-8-17-32-23)20-24(29)27(15-16-31-2)19-22-11-7-14-26(22)18-21-9-5-4-6-10-21/h3-12,14,17H,1,13,15-16,18-20H2,2H3. The van der Waals surface area contributed by atoms with E-state index in [1.807, 2.05) is 48.0 Å². The quantitative estimate of drug-likeness (QED) is 0.393. The Bertz CT molecular complexity index is 999. The van der Waals surface area contributed by atoms with Crippen LogP contribution in [0.3, 0.4) is 0 Å². The molecule has 1 aromatic carbocycles. The molecule has 6 nitrogen and oxygen atoms in total. The number of thiophene rings is 1. The molecule has 7 heteroatoms. The van der Waals surface area contributed by atoms with E-state index in [0.29, 0.717) is 31.1 Å². The van der Waals surface area contributed by atoms with Gasteiger partial charge in [-0.2, -0.15) is 0 Å². The zero-order valence-corrected chi connectivity index (χ0v) is 19.2. The molecule has 32 heavy (non-hydrogen) atoms. The van der Waals surface area contributed by atoms with Gasteiger partial charge in [-0.25, -0.2) is 0 Å². The lowest BCUT2D eigenvalue weighted by Crippen LogP contribution is -2.43. The molecule has 0 aliphatic rings. The number of methoxy groups -OCH3 is 1. The largest absolute Gasteiger partial charge is 0.383 e. The van der Waals surface area contributed by atoms with E-state index in [2.05, 4.69) is 23.3 Å². The third-order valence-electron chi connectivity index (χ3n) is 5.08. The van der Waals surface area contributed by atoms with E-state index in [1.165, 1.54) is 21.8 Å². The van der Waals surface area contributed by atoms with Crippen molar-refractivity contribution in [1.82, 2.24) is 14.4 Å². The first-order valence-electron chi connectivity index (χ1n) is 10.5. The zero-order chi connectivity index (χ0) is 22.8. The summed E-state index contributed by atoms with van der Waals surface area (Å²) in [7, 11) is 1.62. The predicted molar refractivity (Wildman–Crippen MR) is 128 cm³/mol. The fourth-order valence-electron chi connectivity index (χ4n) is 3.41. The minimum Gasteiger partial charge on any atom is -0.383 e. The second-order valence-corrected chi connectivity index (χ2v) is 8.32. The van der Waals surface area contributed by atoms with Gasteiger partial charge in [-0.3, -0.25) is 9.59 Å². The SMILES string of the molecule is C=CCN(CC(=O)N(CCOC)Cc1cccn1Cc1ccccc1)C(=O)c1cccs1. The molecule has 2 amide bonds. The second kappa shape index (κ2) is 12.0. The summed E-state index contributed by atoms with van der Waals surface area (Å²) in [4.78, 5) is 30.0. The summed E-state index contributed by atoms with van der Waals surface area (Å²) in [6.07, 6.45) is 3.66. The molecule has 0 fully saturated rings. The number of aromatic nitrogens is 1. The Balaban J connectivity index is 1.73. The van der Waals surface area contributed by atoms with Gasteiger partial charge in [0, 0.05) is 38.6 Å². The van der Waals surface area contributed by atoms with Crippen molar-refractivity contribution in [2.75, 3.05) is 33.4 Å². The number of nitrogens with zero attached hydrogens (tertiary/aromatic N) is 3. The lowest BCUT2D eigenvalue weighted by Gasteiger charge is -2.27. The summed E-state index contributed by atoms with van der Waals surface area (Å²) in [6, 6.07) is 17.8. The Kier molecular flexibility index (Phi) is 8.83. The van der Waals surface area contributed by atoms with Gasteiger partial charge in [0.2, 0.25) is 5.91 Å². The van der Waals surface area contributed by atoms with Crippen molar-refractivity contribution >= 4 is 23.2 Å². The second-order valence-electron chi connectivity index (χ2n) is 7.37. The molecule has 2 aromatic heterocycles. The Hall–Kier alpha value is -3.16. The van der Waals surface area contributed by atoms with Gasteiger partial charge in [-0.15, -0.1) is 17.9 Å². The smallest absolute Gasteiger partial charge is 0.264 e. The molecular weight excluding hydrogens is 422 g/mol. The van der Waals surface area contributed by atoms with Gasteiger partial charge in [0.1, 0.15) is 6.54 Å². The number of hydrogen-bond acceptors (Lipinski definition) is 4. The lowest BCUT2D eigenvalue weighted by molar-refractivity contribution is -0.133. The molecule has 0 spiro atoms. The molecule has 0 unspecified atom stereocenters. The highest BCUT2D eigenvalue weighted by Gasteiger charge is 2.23. The van der Waals surface area contributed by atoms with Crippen LogP contribution in [0.4, 0.5) is 0 Å². The average Bonchev–Trinajstić information content (AvgIpc) is 3.49. The molecule has 0 atom stereocenters. The van der Waals surface area contributed by atoms with Gasteiger partial charge in [-0.1, -0.05) is 42.5 Å². The van der Waals surface area contributed by atoms with Crippen LogP contribution in [-0.2, 0) is 22.6 Å². The Morgan fingerprint density at radius 2 is 1.91 bits per heavy atom. The van der Waals surface area contributed by atoms with Gasteiger partial charge < -0.3 is 19.1 Å². The summed E-state index contributed by atoms with van der Waals surface area (Å²) >= 11 is 1.37. The molecule has 0 aliphatic heterocycles. The highest BCUT2D eigenvalue weighted by atomic mass is 32.1. The lowest BCUT2D eigenvalue weighted by atomic mass is 10.2. The van der Waals surface area contributed by atoms with Crippen molar-refractivity contribution in [2.45, 2.75) is 13.1 Å². The monoisotopic (exact) mass is 451 g/mol. The maximum Gasteiger partial charge on any atom is 0.264 e. The Morgan fingerprint density at radius 1 is 1.09 bits per heavy atom. The third-order valence-corrected chi connectivity index (χ3v) is 5.94. The molecule has 2 heterocycles. The Labute approximate surface area is 193 Å². The molecule has 3 aromatic rings. The average molecular weight is 452 g/mol. The molecule has 0 aliphatic carbocycles. The van der Waals surface area contributed by atoms with E-state index >= 15 is 0 Å². The van der Waals surface area contributed by atoms with Crippen molar-refractivity contribution in [3.05, 3.63) is 95.0 Å². The number of hydrogen-bond donors (Lipinski definition) is 0. The van der Waals surface area contributed by atoms with Crippen LogP contribution in [0.1, 0.15) is 20.9 Å². The summed E-state index contributed by atoms with van der Waals surface area (Å²) in [5.41, 5.74) is 2.22. The van der Waals surface area contributed by atoms with Gasteiger partial charge in [0.15, 0.2) is 0 Å². The fourth-order valence-corrected chi connectivity index (χ4v) is 4.10. The maximum absolute atomic E-state index is 13.2. The molecular formula is C25H29N3O3S. The van der Waals surface area contributed by atoms with E-state index in [1.54, 1.807) is 24.2 Å². The number of carbonyl (C=O) groups excluding carboxylic acids is 2. The maximum atomic E-state index is 13.2. The van der Waals surface area contributed by atoms with Crippen LogP contribution in [0.25, 0.3) is 0 Å². The summed E-state index contributed by atoms with van der Waals surface area (Å²) in [5, 5.41) is 1.85. The molecule has 0 saturated heterocycles. The van der Waals surface area contributed by atoms with Crippen molar-refractivity contribution in [1.29, 1.82) is 0 Å². The first-order valence-corrected chi connectivity index (χ1v) is 11.4. The van der Waals surface area contributed by atoms with Gasteiger partial charge in [-0.05, 0) is 29.1 Å². The number of amides is 2. The van der Waals surface area contributed by atoms with Crippen LogP contribution < -0.4 is 0 Å². The fraction of sp³-hybridized carbons (Fsp3) is 0.280. The molecule has 0 bridgehead atoms. The van der Waals surface area contributed by atoms with Gasteiger partial charge in [0.05, 0.1) is 18.0 Å². The minimum absolute atomic E-state index is 0.00807. The van der Waals surface area contributed by atoms with Gasteiger partial charge >= 0.3 is 0 Å². The van der Waals surface area contributed by atoms with Crippen LogP contribution in [0.2, 0.25) is 0 Å². The van der Waals surface area contributed by atoms with E-state index in [4.69, 9.17) is 4.74 Å². The third kappa shape index (κ3) is 6.42. The molecule has 0 radical (unpaired) electrons. The zero-order valence-electron chi connectivity index (χ0n) is 18.4. The first-order chi connectivity index (χ1) is 15.6. The van der Waals surface area contributed by atoms with Crippen molar-refractivity contribution in [2.24, 2.45) is 0 Å². The normalized spacial score (nSPS) is 10.7. The topological polar surface area (TPSA) is 54.8 Å². The minimum atomic E-state index is -0.160. The molecule has 3 rings (SSSR count). The highest BCUT2D eigenvalue weighted by molar-refractivity contribution is 7.12. The summed E-state index contributed by atoms with van der Waals surface area (Å²) in [5.74, 6) is -0.284. The van der Waals surface area contributed by atoms with Crippen molar-refractivity contribution in [3.8, 4) is 0 Å². The van der Waals surface area contributed by atoms with E-state index in [9.17, 15) is 9.59 Å². The number of benzene rings is 1. The van der Waals surface area contributed by atoms with Crippen LogP contribution in [0, 0.1) is 0 Å². The molecule has 168 valence electrons. The number of carbonyl (C=O) groups is 2. The van der Waals surface area contributed by atoms with Crippen LogP contribution >= 0.6 is 11.3 Å². The number of ether oxygens (including phenoxy) is 1. The van der Waals surface area contributed by atoms with Crippen LogP contribution in [0.15, 0.2) is 78.8 Å². The molecule has 0 saturated carbocycles.